The van der Waals surface area contributed by atoms with Gasteiger partial charge in [-0.1, -0.05) is 0 Å². The SMILES string of the molecule is CC1CCC(=O)O1.COC(=O)OC(O)C(C)O. The molecular formula is C10H18O7. The molecule has 0 aromatic carbocycles. The Morgan fingerprint density at radius 3 is 2.35 bits per heavy atom. The molecule has 3 atom stereocenters. The van der Waals surface area contributed by atoms with Gasteiger partial charge in [0.25, 0.3) is 0 Å². The fourth-order valence-electron chi connectivity index (χ4n) is 0.909. The molecule has 0 aliphatic carbocycles. The van der Waals surface area contributed by atoms with Gasteiger partial charge in [-0.15, -0.1) is 0 Å². The monoisotopic (exact) mass is 250 g/mol. The van der Waals surface area contributed by atoms with Crippen LogP contribution < -0.4 is 0 Å². The molecule has 0 amide bonds. The number of ether oxygens (including phenoxy) is 3. The zero-order chi connectivity index (χ0) is 13.4. The zero-order valence-corrected chi connectivity index (χ0v) is 10.1. The predicted octanol–water partition coefficient (Wildman–Crippen LogP) is 0.180. The second-order valence-electron chi connectivity index (χ2n) is 3.54. The summed E-state index contributed by atoms with van der Waals surface area (Å²) < 4.78 is 12.9. The fraction of sp³-hybridized carbons (Fsp3) is 0.800. The molecule has 1 aliphatic rings. The molecule has 0 saturated carbocycles. The fourth-order valence-corrected chi connectivity index (χ4v) is 0.909. The van der Waals surface area contributed by atoms with Crippen LogP contribution in [0.15, 0.2) is 0 Å². The molecule has 7 nitrogen and oxygen atoms in total. The average Bonchev–Trinajstić information content (AvgIpc) is 2.63. The normalized spacial score (nSPS) is 21.7. The zero-order valence-electron chi connectivity index (χ0n) is 10.1. The molecule has 0 aromatic heterocycles. The summed E-state index contributed by atoms with van der Waals surface area (Å²) in [5.41, 5.74) is 0. The Morgan fingerprint density at radius 1 is 1.53 bits per heavy atom. The van der Waals surface area contributed by atoms with E-state index in [0.717, 1.165) is 13.5 Å². The Kier molecular flexibility index (Phi) is 7.24. The lowest BCUT2D eigenvalue weighted by Gasteiger charge is -2.12. The summed E-state index contributed by atoms with van der Waals surface area (Å²) in [5, 5.41) is 17.2. The molecule has 17 heavy (non-hydrogen) atoms. The molecule has 7 heteroatoms. The van der Waals surface area contributed by atoms with Crippen LogP contribution in [0, 0.1) is 0 Å². The van der Waals surface area contributed by atoms with E-state index in [1.54, 1.807) is 0 Å². The van der Waals surface area contributed by atoms with Crippen molar-refractivity contribution >= 4 is 12.1 Å². The van der Waals surface area contributed by atoms with E-state index < -0.39 is 18.5 Å². The van der Waals surface area contributed by atoms with Crippen LogP contribution in [0.2, 0.25) is 0 Å². The minimum atomic E-state index is -1.52. The first-order chi connectivity index (χ1) is 7.86. The summed E-state index contributed by atoms with van der Waals surface area (Å²) in [4.78, 5) is 20.4. The van der Waals surface area contributed by atoms with Crippen LogP contribution >= 0.6 is 0 Å². The van der Waals surface area contributed by atoms with Gasteiger partial charge in [-0.3, -0.25) is 4.79 Å². The molecule has 1 saturated heterocycles. The molecule has 1 fully saturated rings. The lowest BCUT2D eigenvalue weighted by molar-refractivity contribution is -0.140. The van der Waals surface area contributed by atoms with Gasteiger partial charge in [0.15, 0.2) is 0 Å². The summed E-state index contributed by atoms with van der Waals surface area (Å²) in [7, 11) is 1.11. The van der Waals surface area contributed by atoms with Crippen molar-refractivity contribution in [3.05, 3.63) is 0 Å². The Labute approximate surface area is 99.3 Å². The molecular weight excluding hydrogens is 232 g/mol. The molecule has 2 N–H and O–H groups in total. The van der Waals surface area contributed by atoms with Crippen molar-refractivity contribution in [2.45, 2.75) is 45.2 Å². The lowest BCUT2D eigenvalue weighted by Crippen LogP contribution is -2.28. The van der Waals surface area contributed by atoms with Gasteiger partial charge in [0.2, 0.25) is 6.29 Å². The average molecular weight is 250 g/mol. The van der Waals surface area contributed by atoms with E-state index in [1.807, 2.05) is 6.92 Å². The first kappa shape index (κ1) is 15.7. The van der Waals surface area contributed by atoms with Crippen LogP contribution in [-0.4, -0.2) is 47.9 Å². The Balaban J connectivity index is 0.000000318. The van der Waals surface area contributed by atoms with Crippen molar-refractivity contribution in [3.8, 4) is 0 Å². The third-order valence-corrected chi connectivity index (χ3v) is 1.88. The highest BCUT2D eigenvalue weighted by Crippen LogP contribution is 2.11. The summed E-state index contributed by atoms with van der Waals surface area (Å²) in [6, 6.07) is 0. The Bertz CT molecular complexity index is 251. The number of cyclic esters (lactones) is 1. The number of carbonyl (C=O) groups is 2. The molecule has 1 aliphatic heterocycles. The first-order valence-electron chi connectivity index (χ1n) is 5.17. The van der Waals surface area contributed by atoms with Crippen molar-refractivity contribution in [1.29, 1.82) is 0 Å². The topological polar surface area (TPSA) is 102 Å². The molecule has 1 rings (SSSR count). The van der Waals surface area contributed by atoms with Crippen LogP contribution in [0.25, 0.3) is 0 Å². The van der Waals surface area contributed by atoms with Gasteiger partial charge in [-0.05, 0) is 20.3 Å². The van der Waals surface area contributed by atoms with E-state index in [1.165, 1.54) is 6.92 Å². The minimum absolute atomic E-state index is 0.0486. The second-order valence-corrected chi connectivity index (χ2v) is 3.54. The van der Waals surface area contributed by atoms with Gasteiger partial charge in [0.1, 0.15) is 6.10 Å². The molecule has 100 valence electrons. The number of rotatable bonds is 2. The van der Waals surface area contributed by atoms with E-state index in [-0.39, 0.29) is 12.1 Å². The lowest BCUT2D eigenvalue weighted by atomic mass is 10.3. The van der Waals surface area contributed by atoms with Gasteiger partial charge in [-0.25, -0.2) is 4.79 Å². The van der Waals surface area contributed by atoms with E-state index in [9.17, 15) is 9.59 Å². The number of esters is 1. The highest BCUT2D eigenvalue weighted by Gasteiger charge is 2.17. The van der Waals surface area contributed by atoms with Crippen molar-refractivity contribution in [2.75, 3.05) is 7.11 Å². The van der Waals surface area contributed by atoms with Crippen LogP contribution in [0.5, 0.6) is 0 Å². The Hall–Kier alpha value is -1.34. The number of hydrogen-bond donors (Lipinski definition) is 2. The molecule has 0 bridgehead atoms. The van der Waals surface area contributed by atoms with Gasteiger partial charge >= 0.3 is 12.1 Å². The maximum atomic E-state index is 10.2. The van der Waals surface area contributed by atoms with E-state index in [0.29, 0.717) is 6.42 Å². The van der Waals surface area contributed by atoms with E-state index >= 15 is 0 Å². The van der Waals surface area contributed by atoms with Crippen molar-refractivity contribution < 1.29 is 34.0 Å². The van der Waals surface area contributed by atoms with Gasteiger partial charge < -0.3 is 24.4 Å². The number of hydrogen-bond acceptors (Lipinski definition) is 7. The summed E-state index contributed by atoms with van der Waals surface area (Å²) in [5.74, 6) is -0.0486. The standard InChI is InChI=1S/C5H10O5.C5H8O2/c1-3(6)4(7)10-5(8)9-2;1-4-2-3-5(6)7-4/h3-4,6-7H,1-2H3;4H,2-3H2,1H3. The molecule has 0 radical (unpaired) electrons. The third kappa shape index (κ3) is 7.53. The third-order valence-electron chi connectivity index (χ3n) is 1.88. The van der Waals surface area contributed by atoms with Gasteiger partial charge in [0.05, 0.1) is 13.2 Å². The van der Waals surface area contributed by atoms with Crippen molar-refractivity contribution in [3.63, 3.8) is 0 Å². The maximum absolute atomic E-state index is 10.2. The summed E-state index contributed by atoms with van der Waals surface area (Å²) in [6.07, 6.45) is -1.97. The molecule has 0 aromatic rings. The summed E-state index contributed by atoms with van der Waals surface area (Å²) in [6.45, 7) is 3.19. The maximum Gasteiger partial charge on any atom is 0.510 e. The molecule has 1 heterocycles. The highest BCUT2D eigenvalue weighted by atomic mass is 16.8. The van der Waals surface area contributed by atoms with Gasteiger partial charge in [0, 0.05) is 6.42 Å². The quantitative estimate of drug-likeness (QED) is 0.532. The number of methoxy groups -OCH3 is 1. The second kappa shape index (κ2) is 7.86. The largest absolute Gasteiger partial charge is 0.510 e. The van der Waals surface area contributed by atoms with Crippen LogP contribution in [0.3, 0.4) is 0 Å². The van der Waals surface area contributed by atoms with Crippen LogP contribution in [0.1, 0.15) is 26.7 Å². The smallest absolute Gasteiger partial charge is 0.463 e. The van der Waals surface area contributed by atoms with Crippen molar-refractivity contribution in [1.82, 2.24) is 0 Å². The molecule has 3 unspecified atom stereocenters. The van der Waals surface area contributed by atoms with Crippen LogP contribution in [0.4, 0.5) is 4.79 Å². The van der Waals surface area contributed by atoms with Gasteiger partial charge in [-0.2, -0.15) is 0 Å². The Morgan fingerprint density at radius 2 is 2.12 bits per heavy atom. The predicted molar refractivity (Wildman–Crippen MR) is 56.0 cm³/mol. The minimum Gasteiger partial charge on any atom is -0.463 e. The number of carbonyl (C=O) groups excluding carboxylic acids is 2. The summed E-state index contributed by atoms with van der Waals surface area (Å²) >= 11 is 0. The highest BCUT2D eigenvalue weighted by molar-refractivity contribution is 5.71. The number of aliphatic hydroxyl groups excluding tert-OH is 2. The van der Waals surface area contributed by atoms with E-state index in [2.05, 4.69) is 9.47 Å². The first-order valence-corrected chi connectivity index (χ1v) is 5.17. The molecule has 0 spiro atoms. The van der Waals surface area contributed by atoms with Crippen molar-refractivity contribution in [2.24, 2.45) is 0 Å². The van der Waals surface area contributed by atoms with E-state index in [4.69, 9.17) is 14.9 Å². The van der Waals surface area contributed by atoms with Crippen LogP contribution in [-0.2, 0) is 19.0 Å². The number of aliphatic hydroxyl groups is 2.